The van der Waals surface area contributed by atoms with Crippen LogP contribution in [0.5, 0.6) is 11.5 Å². The zero-order chi connectivity index (χ0) is 17.1. The predicted octanol–water partition coefficient (Wildman–Crippen LogP) is 3.04. The Balaban J connectivity index is 1.79. The highest BCUT2D eigenvalue weighted by atomic mass is 79.9. The summed E-state index contributed by atoms with van der Waals surface area (Å²) < 4.78 is 13.1. The summed E-state index contributed by atoms with van der Waals surface area (Å²) >= 11 is 3.40. The van der Waals surface area contributed by atoms with Crippen molar-refractivity contribution in [3.8, 4) is 11.5 Å². The molecule has 0 aliphatic heterocycles. The van der Waals surface area contributed by atoms with Crippen LogP contribution < -0.4 is 14.8 Å². The van der Waals surface area contributed by atoms with Crippen LogP contribution in [0.15, 0.2) is 47.2 Å². The van der Waals surface area contributed by atoms with Gasteiger partial charge >= 0.3 is 0 Å². The monoisotopic (exact) mass is 389 g/mol. The first kappa shape index (κ1) is 16.3. The third kappa shape index (κ3) is 3.21. The highest BCUT2D eigenvalue weighted by Gasteiger charge is 2.13. The number of ether oxygens (including phenoxy) is 2. The van der Waals surface area contributed by atoms with Gasteiger partial charge in [-0.2, -0.15) is 0 Å². The lowest BCUT2D eigenvalue weighted by Gasteiger charge is -2.11. The van der Waals surface area contributed by atoms with Crippen molar-refractivity contribution in [2.24, 2.45) is 0 Å². The zero-order valence-corrected chi connectivity index (χ0v) is 14.8. The highest BCUT2D eigenvalue weighted by Crippen LogP contribution is 2.24. The van der Waals surface area contributed by atoms with E-state index in [4.69, 9.17) is 9.47 Å². The summed E-state index contributed by atoms with van der Waals surface area (Å²) in [6.45, 7) is 0.341. The Kier molecular flexibility index (Phi) is 4.71. The van der Waals surface area contributed by atoms with Crippen LogP contribution in [0.4, 0.5) is 0 Å². The molecule has 0 saturated heterocycles. The number of hydrogen-bond acceptors (Lipinski definition) is 4. The third-order valence-corrected chi connectivity index (χ3v) is 4.10. The number of benzene rings is 1. The molecule has 0 radical (unpaired) electrons. The standard InChI is InChI=1S/C17H16BrN3O3/c1-23-13-5-3-11(15(7-13)24-2)8-20-17(22)14-9-19-16-6-4-12(18)10-21(14)16/h3-7,9-10H,8H2,1-2H3,(H,20,22). The number of imidazole rings is 1. The van der Waals surface area contributed by atoms with E-state index in [0.29, 0.717) is 29.4 Å². The number of carbonyl (C=O) groups excluding carboxylic acids is 1. The lowest BCUT2D eigenvalue weighted by atomic mass is 10.2. The van der Waals surface area contributed by atoms with Crippen LogP contribution in [0.1, 0.15) is 16.1 Å². The maximum Gasteiger partial charge on any atom is 0.270 e. The second-order valence-electron chi connectivity index (χ2n) is 5.08. The molecule has 0 saturated carbocycles. The van der Waals surface area contributed by atoms with Crippen LogP contribution in [-0.2, 0) is 6.54 Å². The van der Waals surface area contributed by atoms with E-state index in [2.05, 4.69) is 26.2 Å². The van der Waals surface area contributed by atoms with Gasteiger partial charge in [-0.15, -0.1) is 0 Å². The van der Waals surface area contributed by atoms with Crippen LogP contribution in [0.25, 0.3) is 5.65 Å². The van der Waals surface area contributed by atoms with Gasteiger partial charge in [0.25, 0.3) is 5.91 Å². The van der Waals surface area contributed by atoms with Crippen LogP contribution in [-0.4, -0.2) is 29.5 Å². The van der Waals surface area contributed by atoms with Gasteiger partial charge in [0.15, 0.2) is 0 Å². The van der Waals surface area contributed by atoms with E-state index in [-0.39, 0.29) is 5.91 Å². The van der Waals surface area contributed by atoms with E-state index < -0.39 is 0 Å². The Bertz CT molecular complexity index is 892. The van der Waals surface area contributed by atoms with Gasteiger partial charge in [-0.3, -0.25) is 9.20 Å². The average molecular weight is 390 g/mol. The molecule has 24 heavy (non-hydrogen) atoms. The topological polar surface area (TPSA) is 64.9 Å². The summed E-state index contributed by atoms with van der Waals surface area (Å²) in [6.07, 6.45) is 3.37. The number of carbonyl (C=O) groups is 1. The van der Waals surface area contributed by atoms with E-state index in [9.17, 15) is 4.79 Å². The molecule has 3 aromatic rings. The van der Waals surface area contributed by atoms with Gasteiger partial charge in [0, 0.05) is 28.8 Å². The van der Waals surface area contributed by atoms with Crippen LogP contribution in [0.3, 0.4) is 0 Å². The van der Waals surface area contributed by atoms with Crippen molar-refractivity contribution in [1.29, 1.82) is 0 Å². The fraction of sp³-hybridized carbons (Fsp3) is 0.176. The van der Waals surface area contributed by atoms with Gasteiger partial charge in [-0.1, -0.05) is 0 Å². The highest BCUT2D eigenvalue weighted by molar-refractivity contribution is 9.10. The first-order chi connectivity index (χ1) is 11.6. The number of aromatic nitrogens is 2. The molecule has 2 heterocycles. The first-order valence-electron chi connectivity index (χ1n) is 7.24. The maximum atomic E-state index is 12.5. The summed E-state index contributed by atoms with van der Waals surface area (Å²) in [4.78, 5) is 16.7. The number of halogens is 1. The molecule has 1 aromatic carbocycles. The Morgan fingerprint density at radius 3 is 2.83 bits per heavy atom. The van der Waals surface area contributed by atoms with Crippen molar-refractivity contribution in [2.75, 3.05) is 14.2 Å². The maximum absolute atomic E-state index is 12.5. The van der Waals surface area contributed by atoms with Gasteiger partial charge in [-0.05, 0) is 40.2 Å². The molecule has 0 bridgehead atoms. The van der Waals surface area contributed by atoms with Crippen molar-refractivity contribution in [3.05, 3.63) is 58.5 Å². The Labute approximate surface area is 147 Å². The molecule has 0 spiro atoms. The minimum absolute atomic E-state index is 0.210. The second kappa shape index (κ2) is 6.92. The van der Waals surface area contributed by atoms with Crippen molar-refractivity contribution >= 4 is 27.5 Å². The van der Waals surface area contributed by atoms with Crippen molar-refractivity contribution < 1.29 is 14.3 Å². The number of methoxy groups -OCH3 is 2. The summed E-state index contributed by atoms with van der Waals surface area (Å²) in [5.74, 6) is 1.16. The average Bonchev–Trinajstić information content (AvgIpc) is 3.02. The molecule has 0 fully saturated rings. The fourth-order valence-electron chi connectivity index (χ4n) is 2.39. The molecule has 124 valence electrons. The molecule has 1 amide bonds. The first-order valence-corrected chi connectivity index (χ1v) is 8.03. The molecule has 0 aliphatic rings. The number of fused-ring (bicyclic) bond motifs is 1. The number of rotatable bonds is 5. The summed E-state index contributed by atoms with van der Waals surface area (Å²) in [6, 6.07) is 9.20. The molecular weight excluding hydrogens is 374 g/mol. The van der Waals surface area contributed by atoms with Gasteiger partial charge < -0.3 is 14.8 Å². The lowest BCUT2D eigenvalue weighted by molar-refractivity contribution is 0.0945. The van der Waals surface area contributed by atoms with Crippen LogP contribution >= 0.6 is 15.9 Å². The predicted molar refractivity (Wildman–Crippen MR) is 93.6 cm³/mol. The molecule has 0 unspecified atom stereocenters. The molecule has 6 nitrogen and oxygen atoms in total. The Morgan fingerprint density at radius 2 is 2.08 bits per heavy atom. The summed E-state index contributed by atoms with van der Waals surface area (Å²) in [7, 11) is 3.18. The van der Waals surface area contributed by atoms with Crippen molar-refractivity contribution in [1.82, 2.24) is 14.7 Å². The largest absolute Gasteiger partial charge is 0.497 e. The molecule has 2 aromatic heterocycles. The number of amides is 1. The number of nitrogens with zero attached hydrogens (tertiary/aromatic N) is 2. The molecule has 1 N–H and O–H groups in total. The fourth-order valence-corrected chi connectivity index (χ4v) is 2.72. The summed E-state index contributed by atoms with van der Waals surface area (Å²) in [5.41, 5.74) is 2.05. The SMILES string of the molecule is COc1ccc(CNC(=O)c2cnc3ccc(Br)cn23)c(OC)c1. The number of pyridine rings is 1. The second-order valence-corrected chi connectivity index (χ2v) is 6.00. The van der Waals surface area contributed by atoms with E-state index in [1.165, 1.54) is 0 Å². The van der Waals surface area contributed by atoms with E-state index in [1.54, 1.807) is 30.9 Å². The molecule has 0 aliphatic carbocycles. The normalized spacial score (nSPS) is 10.6. The lowest BCUT2D eigenvalue weighted by Crippen LogP contribution is -2.24. The Hall–Kier alpha value is -2.54. The summed E-state index contributed by atoms with van der Waals surface area (Å²) in [5, 5.41) is 2.89. The van der Waals surface area contributed by atoms with Gasteiger partial charge in [-0.25, -0.2) is 4.98 Å². The zero-order valence-electron chi connectivity index (χ0n) is 13.2. The minimum atomic E-state index is -0.210. The van der Waals surface area contributed by atoms with Crippen LogP contribution in [0, 0.1) is 0 Å². The Morgan fingerprint density at radius 1 is 1.25 bits per heavy atom. The van der Waals surface area contributed by atoms with E-state index in [0.717, 1.165) is 10.0 Å². The third-order valence-electron chi connectivity index (χ3n) is 3.64. The van der Waals surface area contributed by atoms with Gasteiger partial charge in [0.1, 0.15) is 22.8 Å². The molecule has 0 atom stereocenters. The van der Waals surface area contributed by atoms with E-state index >= 15 is 0 Å². The number of hydrogen-bond donors (Lipinski definition) is 1. The van der Waals surface area contributed by atoms with Crippen molar-refractivity contribution in [3.63, 3.8) is 0 Å². The molecular formula is C17H16BrN3O3. The smallest absolute Gasteiger partial charge is 0.270 e. The van der Waals surface area contributed by atoms with Gasteiger partial charge in [0.2, 0.25) is 0 Å². The minimum Gasteiger partial charge on any atom is -0.497 e. The molecule has 7 heteroatoms. The molecule has 3 rings (SSSR count). The van der Waals surface area contributed by atoms with Crippen molar-refractivity contribution in [2.45, 2.75) is 6.54 Å². The quantitative estimate of drug-likeness (QED) is 0.728. The van der Waals surface area contributed by atoms with E-state index in [1.807, 2.05) is 30.5 Å². The van der Waals surface area contributed by atoms with Gasteiger partial charge in [0.05, 0.1) is 20.4 Å². The van der Waals surface area contributed by atoms with Crippen LogP contribution in [0.2, 0.25) is 0 Å². The number of nitrogens with one attached hydrogen (secondary N) is 1.